The van der Waals surface area contributed by atoms with Crippen molar-refractivity contribution in [3.63, 3.8) is 0 Å². The van der Waals surface area contributed by atoms with E-state index in [0.717, 1.165) is 65.5 Å². The summed E-state index contributed by atoms with van der Waals surface area (Å²) in [5, 5.41) is 4.02. The SMILES string of the molecule is CCNC(=O)N(CC)c1ccc(-c2nc3c(c(N4CCOCC4)n2)CCN(c2ccc4ccccc4n2)C3)cc1. The molecular weight excluding hydrogens is 502 g/mol. The van der Waals surface area contributed by atoms with Crippen LogP contribution in [0.25, 0.3) is 22.3 Å². The molecule has 1 saturated heterocycles. The molecule has 2 amide bonds. The normalized spacial score (nSPS) is 15.2. The van der Waals surface area contributed by atoms with E-state index >= 15 is 0 Å². The number of urea groups is 1. The number of fused-ring (bicyclic) bond motifs is 2. The molecule has 9 nitrogen and oxygen atoms in total. The van der Waals surface area contributed by atoms with Crippen LogP contribution in [0.15, 0.2) is 60.7 Å². The fourth-order valence-corrected chi connectivity index (χ4v) is 5.48. The lowest BCUT2D eigenvalue weighted by molar-refractivity contribution is 0.122. The second kappa shape index (κ2) is 11.5. The lowest BCUT2D eigenvalue weighted by Gasteiger charge is -2.34. The minimum absolute atomic E-state index is 0.0974. The van der Waals surface area contributed by atoms with Crippen molar-refractivity contribution in [2.24, 2.45) is 0 Å². The maximum Gasteiger partial charge on any atom is 0.321 e. The van der Waals surface area contributed by atoms with Crippen LogP contribution < -0.4 is 20.0 Å². The van der Waals surface area contributed by atoms with Crippen molar-refractivity contribution in [1.82, 2.24) is 20.3 Å². The molecule has 0 atom stereocenters. The molecule has 206 valence electrons. The van der Waals surface area contributed by atoms with Crippen molar-refractivity contribution < 1.29 is 9.53 Å². The Kier molecular flexibility index (Phi) is 7.46. The molecule has 9 heteroatoms. The number of hydrogen-bond acceptors (Lipinski definition) is 7. The van der Waals surface area contributed by atoms with Gasteiger partial charge in [-0.25, -0.2) is 19.7 Å². The average molecular weight is 538 g/mol. The lowest BCUT2D eigenvalue weighted by Crippen LogP contribution is -2.40. The van der Waals surface area contributed by atoms with E-state index in [1.807, 2.05) is 50.2 Å². The molecule has 0 unspecified atom stereocenters. The molecule has 1 fully saturated rings. The van der Waals surface area contributed by atoms with Gasteiger partial charge in [-0.1, -0.05) is 18.2 Å². The van der Waals surface area contributed by atoms with Crippen LogP contribution in [0.3, 0.4) is 0 Å². The number of aromatic nitrogens is 3. The summed E-state index contributed by atoms with van der Waals surface area (Å²) in [4.78, 5) is 34.0. The molecule has 2 aromatic carbocycles. The van der Waals surface area contributed by atoms with E-state index in [9.17, 15) is 4.79 Å². The first-order chi connectivity index (χ1) is 19.6. The summed E-state index contributed by atoms with van der Waals surface area (Å²) in [6, 6.07) is 20.3. The Hall–Kier alpha value is -4.24. The van der Waals surface area contributed by atoms with E-state index in [0.29, 0.717) is 38.7 Å². The van der Waals surface area contributed by atoms with Crippen LogP contribution in [-0.2, 0) is 17.7 Å². The minimum Gasteiger partial charge on any atom is -0.378 e. The van der Waals surface area contributed by atoms with Gasteiger partial charge >= 0.3 is 6.03 Å². The predicted octanol–water partition coefficient (Wildman–Crippen LogP) is 4.65. The molecule has 2 aliphatic heterocycles. The van der Waals surface area contributed by atoms with E-state index < -0.39 is 0 Å². The minimum atomic E-state index is -0.0974. The van der Waals surface area contributed by atoms with Crippen molar-refractivity contribution >= 4 is 34.3 Å². The lowest BCUT2D eigenvalue weighted by atomic mass is 10.0. The summed E-state index contributed by atoms with van der Waals surface area (Å²) in [5.74, 6) is 2.67. The van der Waals surface area contributed by atoms with Crippen LogP contribution in [-0.4, -0.2) is 66.9 Å². The number of amides is 2. The number of carbonyl (C=O) groups is 1. The van der Waals surface area contributed by atoms with Gasteiger partial charge in [0.05, 0.1) is 31.0 Å². The molecule has 2 aromatic heterocycles. The number of morpholine rings is 1. The van der Waals surface area contributed by atoms with E-state index in [4.69, 9.17) is 19.7 Å². The number of rotatable bonds is 6. The highest BCUT2D eigenvalue weighted by molar-refractivity contribution is 5.92. The summed E-state index contributed by atoms with van der Waals surface area (Å²) in [5.41, 5.74) is 5.02. The molecule has 0 spiro atoms. The van der Waals surface area contributed by atoms with Gasteiger partial charge in [-0.05, 0) is 62.7 Å². The fourth-order valence-electron chi connectivity index (χ4n) is 5.48. The van der Waals surface area contributed by atoms with Gasteiger partial charge in [0.2, 0.25) is 0 Å². The van der Waals surface area contributed by atoms with Gasteiger partial charge in [-0.2, -0.15) is 0 Å². The van der Waals surface area contributed by atoms with E-state index in [1.54, 1.807) is 4.90 Å². The zero-order chi connectivity index (χ0) is 27.5. The Bertz CT molecular complexity index is 1500. The number of carbonyl (C=O) groups excluding carboxylic acids is 1. The van der Waals surface area contributed by atoms with Crippen molar-refractivity contribution in [2.45, 2.75) is 26.8 Å². The third kappa shape index (κ3) is 5.16. The van der Waals surface area contributed by atoms with Gasteiger partial charge in [0, 0.05) is 54.9 Å². The van der Waals surface area contributed by atoms with Gasteiger partial charge in [0.15, 0.2) is 5.82 Å². The predicted molar refractivity (Wildman–Crippen MR) is 159 cm³/mol. The molecule has 2 aliphatic rings. The largest absolute Gasteiger partial charge is 0.378 e. The van der Waals surface area contributed by atoms with Crippen LogP contribution in [0.2, 0.25) is 0 Å². The Morgan fingerprint density at radius 2 is 1.73 bits per heavy atom. The van der Waals surface area contributed by atoms with Crippen molar-refractivity contribution in [1.29, 1.82) is 0 Å². The molecule has 0 radical (unpaired) electrons. The van der Waals surface area contributed by atoms with Crippen molar-refractivity contribution in [3.05, 3.63) is 71.9 Å². The number of benzene rings is 2. The molecule has 0 aliphatic carbocycles. The average Bonchev–Trinajstić information content (AvgIpc) is 3.01. The summed E-state index contributed by atoms with van der Waals surface area (Å²) < 4.78 is 5.63. The van der Waals surface area contributed by atoms with Gasteiger partial charge < -0.3 is 19.9 Å². The van der Waals surface area contributed by atoms with Crippen molar-refractivity contribution in [2.75, 3.05) is 60.6 Å². The molecule has 1 N–H and O–H groups in total. The van der Waals surface area contributed by atoms with Gasteiger partial charge in [0.1, 0.15) is 11.6 Å². The highest BCUT2D eigenvalue weighted by Crippen LogP contribution is 2.32. The van der Waals surface area contributed by atoms with Crippen LogP contribution in [0.1, 0.15) is 25.1 Å². The van der Waals surface area contributed by atoms with Gasteiger partial charge in [0.25, 0.3) is 0 Å². The third-order valence-electron chi connectivity index (χ3n) is 7.59. The highest BCUT2D eigenvalue weighted by Gasteiger charge is 2.27. The smallest absolute Gasteiger partial charge is 0.321 e. The maximum atomic E-state index is 12.5. The van der Waals surface area contributed by atoms with Gasteiger partial charge in [-0.3, -0.25) is 4.90 Å². The molecule has 4 heterocycles. The van der Waals surface area contributed by atoms with E-state index in [2.05, 4.69) is 39.4 Å². The topological polar surface area (TPSA) is 86.7 Å². The number of hydrogen-bond donors (Lipinski definition) is 1. The summed E-state index contributed by atoms with van der Waals surface area (Å²) in [6.45, 7) is 9.63. The number of ether oxygens (including phenoxy) is 1. The Balaban J connectivity index is 1.34. The van der Waals surface area contributed by atoms with Crippen molar-refractivity contribution in [3.8, 4) is 11.4 Å². The first-order valence-corrected chi connectivity index (χ1v) is 14.1. The molecule has 4 aromatic rings. The zero-order valence-corrected chi connectivity index (χ0v) is 23.1. The Morgan fingerprint density at radius 1 is 0.925 bits per heavy atom. The number of pyridine rings is 1. The Labute approximate surface area is 234 Å². The standard InChI is InChI=1S/C31H35N7O2/c1-3-32-31(39)38(4-2)24-12-9-23(10-13-24)29-34-27-21-37(28-14-11-22-7-5-6-8-26(22)33-28)16-15-25(27)30(35-29)36-17-19-40-20-18-36/h5-14H,3-4,15-21H2,1-2H3,(H,32,39). The van der Waals surface area contributed by atoms with Crippen LogP contribution in [0.4, 0.5) is 22.1 Å². The highest BCUT2D eigenvalue weighted by atomic mass is 16.5. The molecule has 0 saturated carbocycles. The molecule has 6 rings (SSSR count). The molecular formula is C31H35N7O2. The first-order valence-electron chi connectivity index (χ1n) is 14.1. The first kappa shape index (κ1) is 26.0. The fraction of sp³-hybridized carbons (Fsp3) is 0.355. The number of para-hydroxylation sites is 1. The summed E-state index contributed by atoms with van der Waals surface area (Å²) in [7, 11) is 0. The summed E-state index contributed by atoms with van der Waals surface area (Å²) in [6.07, 6.45) is 0.855. The third-order valence-corrected chi connectivity index (χ3v) is 7.59. The number of anilines is 3. The van der Waals surface area contributed by atoms with Crippen LogP contribution in [0.5, 0.6) is 0 Å². The zero-order valence-electron chi connectivity index (χ0n) is 23.1. The van der Waals surface area contributed by atoms with E-state index in [1.165, 1.54) is 5.56 Å². The second-order valence-electron chi connectivity index (χ2n) is 10.1. The quantitative estimate of drug-likeness (QED) is 0.383. The second-order valence-corrected chi connectivity index (χ2v) is 10.1. The number of nitrogens with one attached hydrogen (secondary N) is 1. The van der Waals surface area contributed by atoms with Crippen LogP contribution in [0, 0.1) is 0 Å². The van der Waals surface area contributed by atoms with Crippen LogP contribution >= 0.6 is 0 Å². The van der Waals surface area contributed by atoms with Gasteiger partial charge in [-0.15, -0.1) is 0 Å². The Morgan fingerprint density at radius 3 is 2.50 bits per heavy atom. The number of nitrogens with zero attached hydrogens (tertiary/aromatic N) is 6. The molecule has 0 bridgehead atoms. The monoisotopic (exact) mass is 537 g/mol. The summed E-state index contributed by atoms with van der Waals surface area (Å²) >= 11 is 0. The maximum absolute atomic E-state index is 12.5. The molecule has 40 heavy (non-hydrogen) atoms. The van der Waals surface area contributed by atoms with E-state index in [-0.39, 0.29) is 6.03 Å².